The summed E-state index contributed by atoms with van der Waals surface area (Å²) in [5, 5.41) is 6.14. The van der Waals surface area contributed by atoms with Gasteiger partial charge in [0.05, 0.1) is 0 Å². The Bertz CT molecular complexity index is 877. The second-order valence-electron chi connectivity index (χ2n) is 8.63. The lowest BCUT2D eigenvalue weighted by Gasteiger charge is -2.35. The van der Waals surface area contributed by atoms with Crippen LogP contribution >= 0.6 is 0 Å². The largest absolute Gasteiger partial charge is 0.114 e. The third-order valence-corrected chi connectivity index (χ3v) is 16.2. The normalized spacial score (nSPS) is 11.9. The van der Waals surface area contributed by atoms with Crippen LogP contribution in [0.1, 0.15) is 0 Å². The van der Waals surface area contributed by atoms with Gasteiger partial charge >= 0.3 is 0 Å². The molecule has 0 aromatic heterocycles. The van der Waals surface area contributed by atoms with Crippen molar-refractivity contribution in [3.63, 3.8) is 0 Å². The highest BCUT2D eigenvalue weighted by Crippen LogP contribution is 2.21. The van der Waals surface area contributed by atoms with Crippen LogP contribution in [0.2, 0.25) is 25.2 Å². The minimum atomic E-state index is -1.84. The lowest BCUT2D eigenvalue weighted by atomic mass is 10.4. The maximum Gasteiger partial charge on any atom is 0.114 e. The van der Waals surface area contributed by atoms with Gasteiger partial charge in [-0.15, -0.1) is 0 Å². The van der Waals surface area contributed by atoms with E-state index in [4.69, 9.17) is 0 Å². The van der Waals surface area contributed by atoms with Gasteiger partial charge in [-0.2, -0.15) is 0 Å². The molecular weight excluding hydrogens is 392 g/mol. The molecule has 4 aromatic rings. The van der Waals surface area contributed by atoms with Gasteiger partial charge in [0.1, 0.15) is 16.1 Å². The molecule has 0 aliphatic heterocycles. The summed E-state index contributed by atoms with van der Waals surface area (Å²) in [5.41, 5.74) is 0. The summed E-state index contributed by atoms with van der Waals surface area (Å²) in [5.74, 6) is 0. The summed E-state index contributed by atoms with van der Waals surface area (Å²) in [7, 11) is -3.68. The average Bonchev–Trinajstić information content (AvgIpc) is 2.84. The highest BCUT2D eigenvalue weighted by molar-refractivity contribution is 7.05. The second-order valence-corrected chi connectivity index (χ2v) is 17.3. The maximum absolute atomic E-state index is 2.56. The summed E-state index contributed by atoms with van der Waals surface area (Å²) in [4.78, 5) is 0. The lowest BCUT2D eigenvalue weighted by Crippen LogP contribution is -2.60. The molecule has 0 saturated carbocycles. The first-order chi connectivity index (χ1) is 14.6. The van der Waals surface area contributed by atoms with Crippen molar-refractivity contribution in [3.05, 3.63) is 121 Å². The van der Waals surface area contributed by atoms with Gasteiger partial charge in [0.25, 0.3) is 0 Å². The number of benzene rings is 4. The minimum absolute atomic E-state index is 1.26. The van der Waals surface area contributed by atoms with E-state index in [0.29, 0.717) is 0 Å². The number of rotatable bonds is 7. The van der Waals surface area contributed by atoms with E-state index in [0.717, 1.165) is 0 Å². The van der Waals surface area contributed by atoms with Crippen LogP contribution < -0.4 is 20.7 Å². The molecule has 0 nitrogen and oxygen atoms in total. The molecule has 4 rings (SSSR count). The fourth-order valence-electron chi connectivity index (χ4n) is 4.63. The highest BCUT2D eigenvalue weighted by Gasteiger charge is 2.38. The van der Waals surface area contributed by atoms with Gasteiger partial charge in [-0.1, -0.05) is 167 Å². The van der Waals surface area contributed by atoms with Gasteiger partial charge in [-0.3, -0.25) is 0 Å². The van der Waals surface area contributed by atoms with E-state index in [2.05, 4.69) is 134 Å². The van der Waals surface area contributed by atoms with Crippen LogP contribution in [0.5, 0.6) is 0 Å². The van der Waals surface area contributed by atoms with E-state index in [1.54, 1.807) is 0 Å². The number of hydrogen-bond acceptors (Lipinski definition) is 0. The first kappa shape index (κ1) is 20.6. The van der Waals surface area contributed by atoms with E-state index in [1.165, 1.54) is 32.8 Å². The van der Waals surface area contributed by atoms with Gasteiger partial charge in [0.2, 0.25) is 0 Å². The fourth-order valence-corrected chi connectivity index (χ4v) is 14.2. The van der Waals surface area contributed by atoms with Crippen LogP contribution in [0.4, 0.5) is 0 Å². The van der Waals surface area contributed by atoms with Gasteiger partial charge in [-0.05, 0) is 0 Å². The van der Waals surface area contributed by atoms with Crippen molar-refractivity contribution in [3.8, 4) is 0 Å². The van der Waals surface area contributed by atoms with Crippen molar-refractivity contribution in [1.29, 1.82) is 0 Å². The van der Waals surface area contributed by atoms with Crippen LogP contribution in [0, 0.1) is 0 Å². The predicted molar refractivity (Wildman–Crippen MR) is 137 cm³/mol. The van der Waals surface area contributed by atoms with Gasteiger partial charge < -0.3 is 0 Å². The van der Waals surface area contributed by atoms with E-state index in [-0.39, 0.29) is 0 Å². The SMILES string of the molecule is C[Si](CC[Si](C)(c1ccccc1)c1ccccc1)(c1ccccc1)c1ccccc1. The highest BCUT2D eigenvalue weighted by atomic mass is 28.3. The molecule has 30 heavy (non-hydrogen) atoms. The summed E-state index contributed by atoms with van der Waals surface area (Å²) >= 11 is 0. The molecule has 0 heterocycles. The van der Waals surface area contributed by atoms with Crippen molar-refractivity contribution in [1.82, 2.24) is 0 Å². The van der Waals surface area contributed by atoms with Crippen molar-refractivity contribution < 1.29 is 0 Å². The molecule has 0 aliphatic rings. The van der Waals surface area contributed by atoms with Crippen LogP contribution in [-0.2, 0) is 0 Å². The fraction of sp³-hybridized carbons (Fsp3) is 0.143. The Morgan fingerprint density at radius 3 is 0.767 bits per heavy atom. The third kappa shape index (κ3) is 4.11. The quantitative estimate of drug-likeness (QED) is 0.376. The van der Waals surface area contributed by atoms with Crippen molar-refractivity contribution in [2.75, 3.05) is 0 Å². The molecule has 0 aliphatic carbocycles. The molecule has 2 heteroatoms. The predicted octanol–water partition coefficient (Wildman–Crippen LogP) is 4.77. The first-order valence-corrected chi connectivity index (χ1v) is 16.3. The topological polar surface area (TPSA) is 0 Å². The molecule has 4 aromatic carbocycles. The molecule has 0 bridgehead atoms. The number of hydrogen-bond donors (Lipinski definition) is 0. The smallest absolute Gasteiger partial charge is 0.0626 e. The summed E-state index contributed by atoms with van der Waals surface area (Å²) in [6.45, 7) is 5.12. The molecule has 0 atom stereocenters. The molecular formula is C28H30Si2. The lowest BCUT2D eigenvalue weighted by molar-refractivity contribution is 1.32. The zero-order valence-corrected chi connectivity index (χ0v) is 20.0. The Morgan fingerprint density at radius 2 is 0.567 bits per heavy atom. The monoisotopic (exact) mass is 422 g/mol. The van der Waals surface area contributed by atoms with E-state index in [1.807, 2.05) is 0 Å². The molecule has 0 unspecified atom stereocenters. The van der Waals surface area contributed by atoms with Gasteiger partial charge in [-0.25, -0.2) is 0 Å². The Labute approximate surface area is 183 Å². The Balaban J connectivity index is 1.76. The zero-order chi connectivity index (χ0) is 20.9. The standard InChI is InChI=1S/C28H30Si2/c1-29(25-15-7-3-8-16-25,26-17-9-4-10-18-26)23-24-30(2,27-19-11-5-12-20-27)28-21-13-6-14-22-28/h3-22H,23-24H2,1-2H3. The summed E-state index contributed by atoms with van der Waals surface area (Å²) in [6, 6.07) is 47.5. The molecule has 0 saturated heterocycles. The van der Waals surface area contributed by atoms with Crippen LogP contribution in [0.15, 0.2) is 121 Å². The van der Waals surface area contributed by atoms with Crippen molar-refractivity contribution >= 4 is 36.9 Å². The van der Waals surface area contributed by atoms with Crippen LogP contribution in [0.25, 0.3) is 0 Å². The first-order valence-electron chi connectivity index (χ1n) is 10.8. The minimum Gasteiger partial charge on any atom is -0.0626 e. The Kier molecular flexibility index (Phi) is 6.17. The maximum atomic E-state index is 2.56. The Hall–Kier alpha value is -2.69. The molecule has 0 fully saturated rings. The summed E-state index contributed by atoms with van der Waals surface area (Å²) in [6.07, 6.45) is 0. The van der Waals surface area contributed by atoms with E-state index in [9.17, 15) is 0 Å². The van der Waals surface area contributed by atoms with Crippen molar-refractivity contribution in [2.45, 2.75) is 25.2 Å². The molecule has 150 valence electrons. The van der Waals surface area contributed by atoms with Crippen LogP contribution in [-0.4, -0.2) is 16.1 Å². The molecule has 0 N–H and O–H groups in total. The molecule has 0 radical (unpaired) electrons. The second kappa shape index (κ2) is 8.99. The van der Waals surface area contributed by atoms with E-state index < -0.39 is 16.1 Å². The van der Waals surface area contributed by atoms with Gasteiger partial charge in [0.15, 0.2) is 0 Å². The van der Waals surface area contributed by atoms with Gasteiger partial charge in [0, 0.05) is 0 Å². The summed E-state index contributed by atoms with van der Waals surface area (Å²) < 4.78 is 0. The zero-order valence-electron chi connectivity index (χ0n) is 18.0. The van der Waals surface area contributed by atoms with E-state index >= 15 is 0 Å². The Morgan fingerprint density at radius 1 is 0.367 bits per heavy atom. The average molecular weight is 423 g/mol. The third-order valence-electron chi connectivity index (χ3n) is 6.77. The van der Waals surface area contributed by atoms with Crippen molar-refractivity contribution in [2.24, 2.45) is 0 Å². The molecule has 0 amide bonds. The molecule has 0 spiro atoms. The van der Waals surface area contributed by atoms with Crippen LogP contribution in [0.3, 0.4) is 0 Å².